The average Bonchev–Trinajstić information content (AvgIpc) is 3.45. The molecule has 2 saturated carbocycles. The zero-order valence-electron chi connectivity index (χ0n) is 18.3. The maximum atomic E-state index is 13.5. The molecule has 2 aliphatic carbocycles. The van der Waals surface area contributed by atoms with Crippen LogP contribution in [0.1, 0.15) is 81.2 Å². The molecule has 6 rings (SSSR count). The third-order valence-corrected chi connectivity index (χ3v) is 8.59. The Morgan fingerprint density at radius 2 is 1.81 bits per heavy atom. The molecule has 0 spiro atoms. The van der Waals surface area contributed by atoms with Gasteiger partial charge in [-0.1, -0.05) is 12.1 Å². The van der Waals surface area contributed by atoms with Gasteiger partial charge in [0.05, 0.1) is 17.6 Å². The number of carbonyl (C=O) groups excluding carboxylic acids is 1. The van der Waals surface area contributed by atoms with Crippen molar-refractivity contribution < 1.29 is 9.53 Å². The van der Waals surface area contributed by atoms with Crippen molar-refractivity contribution in [1.82, 2.24) is 14.5 Å². The number of hydrogen-bond acceptors (Lipinski definition) is 5. The lowest BCUT2D eigenvalue weighted by atomic mass is 9.85. The zero-order valence-corrected chi connectivity index (χ0v) is 18.3. The number of aromatic nitrogens is 2. The molecule has 4 fully saturated rings. The summed E-state index contributed by atoms with van der Waals surface area (Å²) < 4.78 is 7.02. The van der Waals surface area contributed by atoms with E-state index >= 15 is 0 Å². The fourth-order valence-corrected chi connectivity index (χ4v) is 7.51. The molecule has 164 valence electrons. The summed E-state index contributed by atoms with van der Waals surface area (Å²) in [7, 11) is 0. The molecule has 2 aromatic rings. The van der Waals surface area contributed by atoms with Crippen LogP contribution in [-0.4, -0.2) is 44.6 Å². The van der Waals surface area contributed by atoms with E-state index in [0.717, 1.165) is 24.3 Å². The number of esters is 1. The van der Waals surface area contributed by atoms with Crippen molar-refractivity contribution in [3.05, 3.63) is 40.3 Å². The van der Waals surface area contributed by atoms with Crippen LogP contribution in [0.2, 0.25) is 0 Å². The molecule has 0 radical (unpaired) electrons. The Balaban J connectivity index is 1.39. The van der Waals surface area contributed by atoms with Gasteiger partial charge in [0.15, 0.2) is 0 Å². The van der Waals surface area contributed by atoms with Crippen LogP contribution in [0.15, 0.2) is 29.1 Å². The van der Waals surface area contributed by atoms with E-state index in [1.807, 2.05) is 28.8 Å². The Bertz CT molecular complexity index is 1070. The van der Waals surface area contributed by atoms with Crippen molar-refractivity contribution in [2.45, 2.75) is 88.4 Å². The van der Waals surface area contributed by atoms with Gasteiger partial charge in [0.1, 0.15) is 0 Å². The summed E-state index contributed by atoms with van der Waals surface area (Å²) in [5.41, 5.74) is 1.58. The van der Waals surface area contributed by atoms with Gasteiger partial charge in [0.25, 0.3) is 5.56 Å². The summed E-state index contributed by atoms with van der Waals surface area (Å²) in [6, 6.07) is 8.90. The van der Waals surface area contributed by atoms with E-state index in [1.54, 1.807) is 6.92 Å². The fraction of sp³-hybridized carbons (Fsp3) is 0.640. The van der Waals surface area contributed by atoms with Crippen LogP contribution in [-0.2, 0) is 4.74 Å². The summed E-state index contributed by atoms with van der Waals surface area (Å²) in [4.78, 5) is 33.3. The first kappa shape index (κ1) is 19.5. The minimum Gasteiger partial charge on any atom is -0.461 e. The molecule has 4 aliphatic rings. The highest BCUT2D eigenvalue weighted by Gasteiger charge is 2.56. The predicted molar refractivity (Wildman–Crippen MR) is 118 cm³/mol. The quantitative estimate of drug-likeness (QED) is 0.696. The molecular formula is C25H31N3O3. The molecule has 1 aromatic carbocycles. The van der Waals surface area contributed by atoms with E-state index in [9.17, 15) is 9.59 Å². The van der Waals surface area contributed by atoms with Crippen LogP contribution in [0.25, 0.3) is 11.0 Å². The molecule has 6 heteroatoms. The Morgan fingerprint density at radius 3 is 2.45 bits per heavy atom. The van der Waals surface area contributed by atoms with Crippen LogP contribution in [0.5, 0.6) is 0 Å². The molecule has 2 saturated heterocycles. The van der Waals surface area contributed by atoms with Gasteiger partial charge in [0.2, 0.25) is 5.69 Å². The first-order valence-corrected chi connectivity index (χ1v) is 12.1. The number of ether oxygens (including phenoxy) is 1. The molecule has 0 N–H and O–H groups in total. The highest BCUT2D eigenvalue weighted by atomic mass is 16.5. The topological polar surface area (TPSA) is 64.4 Å². The number of hydrogen-bond donors (Lipinski definition) is 0. The summed E-state index contributed by atoms with van der Waals surface area (Å²) in [6.45, 7) is 1.99. The van der Waals surface area contributed by atoms with Gasteiger partial charge >= 0.3 is 5.97 Å². The first-order chi connectivity index (χ1) is 15.1. The maximum absolute atomic E-state index is 13.5. The Hall–Kier alpha value is -2.21. The van der Waals surface area contributed by atoms with Crippen LogP contribution in [0, 0.1) is 5.92 Å². The van der Waals surface area contributed by atoms with Crippen molar-refractivity contribution >= 4 is 17.0 Å². The van der Waals surface area contributed by atoms with E-state index in [-0.39, 0.29) is 23.9 Å². The Labute approximate surface area is 182 Å². The van der Waals surface area contributed by atoms with Gasteiger partial charge in [-0.3, -0.25) is 9.69 Å². The van der Waals surface area contributed by atoms with Crippen LogP contribution in [0.3, 0.4) is 0 Å². The number of fused-ring (bicyclic) bond motifs is 6. The zero-order chi connectivity index (χ0) is 21.2. The second-order valence-electron chi connectivity index (χ2n) is 10.1. The standard InChI is InChI=1S/C25H31N3O3/c1-2-31-24(30)22-23(29)27(21-6-4-3-5-20(21)26-22)19-13-17-7-8-18(14-19)28(17)25-11-9-16(15-25)10-12-25/h3-6,16-19H,2,7-15H2,1H3/t16?,17-,18+,19?,25?. The second kappa shape index (κ2) is 7.16. The first-order valence-electron chi connectivity index (χ1n) is 12.1. The van der Waals surface area contributed by atoms with E-state index in [4.69, 9.17) is 4.74 Å². The van der Waals surface area contributed by atoms with Crippen molar-refractivity contribution in [3.63, 3.8) is 0 Å². The van der Waals surface area contributed by atoms with Crippen LogP contribution in [0.4, 0.5) is 0 Å². The molecule has 6 nitrogen and oxygen atoms in total. The predicted octanol–water partition coefficient (Wildman–Crippen LogP) is 4.07. The monoisotopic (exact) mass is 421 g/mol. The second-order valence-corrected chi connectivity index (χ2v) is 10.1. The molecule has 1 aromatic heterocycles. The van der Waals surface area contributed by atoms with Crippen molar-refractivity contribution in [3.8, 4) is 0 Å². The third-order valence-electron chi connectivity index (χ3n) is 8.59. The largest absolute Gasteiger partial charge is 0.461 e. The van der Waals surface area contributed by atoms with Gasteiger partial charge in [-0.15, -0.1) is 0 Å². The summed E-state index contributed by atoms with van der Waals surface area (Å²) in [6.07, 6.45) is 11.3. The number of piperidine rings is 1. The molecular weight excluding hydrogens is 390 g/mol. The average molecular weight is 422 g/mol. The molecule has 0 amide bonds. The van der Waals surface area contributed by atoms with Crippen molar-refractivity contribution in [1.29, 1.82) is 0 Å². The van der Waals surface area contributed by atoms with Crippen LogP contribution >= 0.6 is 0 Å². The van der Waals surface area contributed by atoms with E-state index in [2.05, 4.69) is 9.88 Å². The Kier molecular flexibility index (Phi) is 4.50. The fourth-order valence-electron chi connectivity index (χ4n) is 7.51. The van der Waals surface area contributed by atoms with Gasteiger partial charge in [0, 0.05) is 23.7 Å². The molecule has 31 heavy (non-hydrogen) atoms. The normalized spacial score (nSPS) is 34.5. The lowest BCUT2D eigenvalue weighted by Gasteiger charge is -2.49. The van der Waals surface area contributed by atoms with E-state index < -0.39 is 5.97 Å². The highest BCUT2D eigenvalue weighted by molar-refractivity contribution is 5.89. The SMILES string of the molecule is CCOC(=O)c1nc2ccccc2n(C2C[C@H]3CC[C@@H](C2)N3C23CCC(CC2)C3)c1=O. The molecule has 1 unspecified atom stereocenters. The van der Waals surface area contributed by atoms with Gasteiger partial charge in [-0.2, -0.15) is 0 Å². The van der Waals surface area contributed by atoms with E-state index in [0.29, 0.717) is 23.1 Å². The van der Waals surface area contributed by atoms with Gasteiger partial charge in [-0.25, -0.2) is 9.78 Å². The number of nitrogens with zero attached hydrogens (tertiary/aromatic N) is 3. The van der Waals surface area contributed by atoms with Crippen molar-refractivity contribution in [2.24, 2.45) is 5.92 Å². The minimum absolute atomic E-state index is 0.0802. The maximum Gasteiger partial charge on any atom is 0.362 e. The van der Waals surface area contributed by atoms with Crippen LogP contribution < -0.4 is 5.56 Å². The molecule has 4 bridgehead atoms. The molecule has 2 aliphatic heterocycles. The number of rotatable bonds is 4. The Morgan fingerprint density at radius 1 is 1.10 bits per heavy atom. The summed E-state index contributed by atoms with van der Waals surface area (Å²) in [5, 5.41) is 0. The van der Waals surface area contributed by atoms with Gasteiger partial charge in [-0.05, 0) is 82.8 Å². The molecule has 3 atom stereocenters. The molecule has 3 heterocycles. The number of benzene rings is 1. The van der Waals surface area contributed by atoms with E-state index in [1.165, 1.54) is 44.9 Å². The van der Waals surface area contributed by atoms with Gasteiger partial charge < -0.3 is 9.30 Å². The lowest BCUT2D eigenvalue weighted by Crippen LogP contribution is -2.56. The lowest BCUT2D eigenvalue weighted by molar-refractivity contribution is -0.000445. The summed E-state index contributed by atoms with van der Waals surface area (Å²) >= 11 is 0. The minimum atomic E-state index is -0.616. The smallest absolute Gasteiger partial charge is 0.362 e. The number of carbonyl (C=O) groups is 1. The highest BCUT2D eigenvalue weighted by Crippen LogP contribution is 2.57. The van der Waals surface area contributed by atoms with Crippen molar-refractivity contribution in [2.75, 3.05) is 6.61 Å². The summed E-state index contributed by atoms with van der Waals surface area (Å²) in [5.74, 6) is 0.324. The number of para-hydroxylation sites is 2. The third kappa shape index (κ3) is 2.90.